The van der Waals surface area contributed by atoms with Crippen molar-refractivity contribution >= 4 is 23.2 Å². The average Bonchev–Trinajstić information content (AvgIpc) is 2.35. The molecule has 0 amide bonds. The fourth-order valence-electron chi connectivity index (χ4n) is 1.46. The van der Waals surface area contributed by atoms with Gasteiger partial charge in [-0.2, -0.15) is 0 Å². The van der Waals surface area contributed by atoms with Crippen molar-refractivity contribution in [3.8, 4) is 0 Å². The van der Waals surface area contributed by atoms with E-state index in [9.17, 15) is 13.6 Å². The molecule has 5 nitrogen and oxygen atoms in total. The van der Waals surface area contributed by atoms with Crippen LogP contribution < -0.4 is 11.1 Å². The van der Waals surface area contributed by atoms with Crippen LogP contribution in [0.25, 0.3) is 0 Å². The molecule has 0 atom stereocenters. The van der Waals surface area contributed by atoms with E-state index in [4.69, 9.17) is 10.8 Å². The van der Waals surface area contributed by atoms with Gasteiger partial charge in [-0.05, 0) is 18.2 Å². The van der Waals surface area contributed by atoms with Crippen LogP contribution in [0.5, 0.6) is 0 Å². The van der Waals surface area contributed by atoms with Gasteiger partial charge >= 0.3 is 5.97 Å². The molecule has 19 heavy (non-hydrogen) atoms. The minimum absolute atomic E-state index is 0.119. The zero-order chi connectivity index (χ0) is 14.0. The Labute approximate surface area is 106 Å². The highest BCUT2D eigenvalue weighted by Crippen LogP contribution is 2.23. The molecule has 0 saturated carbocycles. The summed E-state index contributed by atoms with van der Waals surface area (Å²) in [4.78, 5) is 14.8. The van der Waals surface area contributed by atoms with Crippen LogP contribution in [0.15, 0.2) is 30.5 Å². The predicted molar refractivity (Wildman–Crippen MR) is 65.2 cm³/mol. The van der Waals surface area contributed by atoms with Crippen LogP contribution in [0.3, 0.4) is 0 Å². The molecule has 7 heteroatoms. The monoisotopic (exact) mass is 265 g/mol. The number of benzene rings is 1. The van der Waals surface area contributed by atoms with Crippen molar-refractivity contribution in [1.82, 2.24) is 4.98 Å². The van der Waals surface area contributed by atoms with Crippen molar-refractivity contribution in [2.75, 3.05) is 11.1 Å². The molecule has 4 N–H and O–H groups in total. The smallest absolute Gasteiger partial charge is 0.339 e. The molecule has 98 valence electrons. The van der Waals surface area contributed by atoms with Gasteiger partial charge in [0.15, 0.2) is 0 Å². The molecule has 0 spiro atoms. The summed E-state index contributed by atoms with van der Waals surface area (Å²) in [5.41, 5.74) is 5.14. The number of aromatic nitrogens is 1. The highest BCUT2D eigenvalue weighted by molar-refractivity contribution is 5.94. The van der Waals surface area contributed by atoms with Crippen LogP contribution in [-0.4, -0.2) is 16.1 Å². The minimum Gasteiger partial charge on any atom is -0.478 e. The summed E-state index contributed by atoms with van der Waals surface area (Å²) < 4.78 is 26.4. The molecule has 2 rings (SSSR count). The van der Waals surface area contributed by atoms with Gasteiger partial charge in [0.1, 0.15) is 23.0 Å². The van der Waals surface area contributed by atoms with E-state index in [0.717, 1.165) is 18.2 Å². The topological polar surface area (TPSA) is 88.2 Å². The number of anilines is 3. The highest BCUT2D eigenvalue weighted by Gasteiger charge is 2.14. The fourth-order valence-corrected chi connectivity index (χ4v) is 1.46. The van der Waals surface area contributed by atoms with Gasteiger partial charge in [0.25, 0.3) is 0 Å². The number of nitrogens with zero attached hydrogens (tertiary/aromatic N) is 1. The van der Waals surface area contributed by atoms with Gasteiger partial charge in [-0.15, -0.1) is 0 Å². The Bertz CT molecular complexity index is 647. The molecule has 0 aliphatic carbocycles. The summed E-state index contributed by atoms with van der Waals surface area (Å²) in [5.74, 6) is -2.78. The number of nitrogens with one attached hydrogen (secondary N) is 1. The third-order valence-corrected chi connectivity index (χ3v) is 2.32. The molecule has 2 aromatic rings. The molecule has 1 aromatic heterocycles. The molecule has 0 saturated heterocycles. The molecular weight excluding hydrogens is 256 g/mol. The van der Waals surface area contributed by atoms with Gasteiger partial charge in [0.2, 0.25) is 0 Å². The maximum atomic E-state index is 13.4. The van der Waals surface area contributed by atoms with Gasteiger partial charge in [-0.3, -0.25) is 0 Å². The molecule has 0 fully saturated rings. The number of nitrogen functional groups attached to an aromatic ring is 1. The third kappa shape index (κ3) is 2.76. The number of hydrogen-bond donors (Lipinski definition) is 3. The molecule has 0 aliphatic rings. The Kier molecular flexibility index (Phi) is 3.28. The number of rotatable bonds is 3. The number of aromatic carboxylic acids is 1. The second-order valence-electron chi connectivity index (χ2n) is 3.72. The average molecular weight is 265 g/mol. The second kappa shape index (κ2) is 4.89. The minimum atomic E-state index is -1.28. The van der Waals surface area contributed by atoms with Gasteiger partial charge in [-0.1, -0.05) is 0 Å². The van der Waals surface area contributed by atoms with E-state index in [2.05, 4.69) is 10.3 Å². The van der Waals surface area contributed by atoms with Crippen LogP contribution in [0.2, 0.25) is 0 Å². The number of halogens is 2. The van der Waals surface area contributed by atoms with E-state index in [1.54, 1.807) is 0 Å². The van der Waals surface area contributed by atoms with Crippen LogP contribution in [0.1, 0.15) is 10.4 Å². The quantitative estimate of drug-likeness (QED) is 0.793. The summed E-state index contributed by atoms with van der Waals surface area (Å²) in [6, 6.07) is 3.96. The van der Waals surface area contributed by atoms with Crippen molar-refractivity contribution in [3.63, 3.8) is 0 Å². The molecule has 0 radical (unpaired) electrons. The first-order chi connectivity index (χ1) is 8.97. The van der Waals surface area contributed by atoms with Crippen LogP contribution in [-0.2, 0) is 0 Å². The Morgan fingerprint density at radius 1 is 1.32 bits per heavy atom. The fraction of sp³-hybridized carbons (Fsp3) is 0. The SMILES string of the molecule is Nc1cnc(Nc2cc(F)ccc2F)c(C(=O)O)c1. The Balaban J connectivity index is 2.43. The van der Waals surface area contributed by atoms with Crippen molar-refractivity contribution in [2.24, 2.45) is 0 Å². The standard InChI is InChI=1S/C12H9F2N3O2/c13-6-1-2-9(14)10(3-6)17-11-8(12(18)19)4-7(15)5-16-11/h1-5H,15H2,(H,16,17)(H,18,19). The summed E-state index contributed by atoms with van der Waals surface area (Å²) in [6.45, 7) is 0. The van der Waals surface area contributed by atoms with E-state index < -0.39 is 17.6 Å². The van der Waals surface area contributed by atoms with E-state index >= 15 is 0 Å². The maximum Gasteiger partial charge on any atom is 0.339 e. The van der Waals surface area contributed by atoms with Gasteiger partial charge in [-0.25, -0.2) is 18.6 Å². The predicted octanol–water partition coefficient (Wildman–Crippen LogP) is 2.38. The normalized spacial score (nSPS) is 10.2. The van der Waals surface area contributed by atoms with Crippen LogP contribution in [0.4, 0.5) is 26.0 Å². The number of carboxylic acid groups (broad SMARTS) is 1. The third-order valence-electron chi connectivity index (χ3n) is 2.32. The zero-order valence-corrected chi connectivity index (χ0v) is 9.52. The summed E-state index contributed by atoms with van der Waals surface area (Å²) in [5, 5.41) is 11.4. The van der Waals surface area contributed by atoms with Crippen LogP contribution >= 0.6 is 0 Å². The lowest BCUT2D eigenvalue weighted by Crippen LogP contribution is -2.07. The van der Waals surface area contributed by atoms with Crippen molar-refractivity contribution in [3.05, 3.63) is 47.7 Å². The van der Waals surface area contributed by atoms with E-state index in [1.807, 2.05) is 0 Å². The largest absolute Gasteiger partial charge is 0.478 e. The van der Waals surface area contributed by atoms with Gasteiger partial charge in [0.05, 0.1) is 17.6 Å². The van der Waals surface area contributed by atoms with Crippen LogP contribution in [0, 0.1) is 11.6 Å². The zero-order valence-electron chi connectivity index (χ0n) is 9.52. The molecule has 0 unspecified atom stereocenters. The number of nitrogens with two attached hydrogens (primary N) is 1. The highest BCUT2D eigenvalue weighted by atomic mass is 19.1. The number of hydrogen-bond acceptors (Lipinski definition) is 4. The Hall–Kier alpha value is -2.70. The first kappa shape index (κ1) is 12.7. The second-order valence-corrected chi connectivity index (χ2v) is 3.72. The van der Waals surface area contributed by atoms with Crippen molar-refractivity contribution in [2.45, 2.75) is 0 Å². The van der Waals surface area contributed by atoms with E-state index in [0.29, 0.717) is 0 Å². The summed E-state index contributed by atoms with van der Waals surface area (Å²) in [7, 11) is 0. The number of pyridine rings is 1. The summed E-state index contributed by atoms with van der Waals surface area (Å²) in [6.07, 6.45) is 1.21. The van der Waals surface area contributed by atoms with Gasteiger partial charge < -0.3 is 16.2 Å². The number of carbonyl (C=O) groups is 1. The van der Waals surface area contributed by atoms with Crippen molar-refractivity contribution in [1.29, 1.82) is 0 Å². The Morgan fingerprint density at radius 2 is 2.05 bits per heavy atom. The molecule has 0 aliphatic heterocycles. The maximum absolute atomic E-state index is 13.4. The molecular formula is C12H9F2N3O2. The van der Waals surface area contributed by atoms with E-state index in [1.165, 1.54) is 12.3 Å². The first-order valence-corrected chi connectivity index (χ1v) is 5.18. The lowest BCUT2D eigenvalue weighted by molar-refractivity contribution is 0.0697. The van der Waals surface area contributed by atoms with Gasteiger partial charge in [0, 0.05) is 6.07 Å². The molecule has 1 heterocycles. The van der Waals surface area contributed by atoms with E-state index in [-0.39, 0.29) is 22.8 Å². The first-order valence-electron chi connectivity index (χ1n) is 5.18. The molecule has 1 aromatic carbocycles. The molecule has 0 bridgehead atoms. The lowest BCUT2D eigenvalue weighted by Gasteiger charge is -2.10. The lowest BCUT2D eigenvalue weighted by atomic mass is 10.2. The number of carboxylic acids is 1. The van der Waals surface area contributed by atoms with Crippen molar-refractivity contribution < 1.29 is 18.7 Å². The Morgan fingerprint density at radius 3 is 2.74 bits per heavy atom. The summed E-state index contributed by atoms with van der Waals surface area (Å²) >= 11 is 0.